The monoisotopic (exact) mass is 546 g/mol. The molecule has 2 aliphatic rings. The van der Waals surface area contributed by atoms with Crippen LogP contribution in [0, 0.1) is 5.92 Å². The van der Waals surface area contributed by atoms with Gasteiger partial charge >= 0.3 is 0 Å². The van der Waals surface area contributed by atoms with Gasteiger partial charge < -0.3 is 18.9 Å². The summed E-state index contributed by atoms with van der Waals surface area (Å²) in [5.74, 6) is 2.32. The summed E-state index contributed by atoms with van der Waals surface area (Å²) < 4.78 is 22.0. The molecule has 1 saturated carbocycles. The summed E-state index contributed by atoms with van der Waals surface area (Å²) in [4.78, 5) is 13.9. The number of ether oxygens (including phenoxy) is 4. The van der Waals surface area contributed by atoms with Crippen molar-refractivity contribution < 1.29 is 23.7 Å². The second-order valence-electron chi connectivity index (χ2n) is 9.46. The minimum Gasteiger partial charge on any atom is -0.493 e. The molecule has 0 bridgehead atoms. The molecule has 1 amide bonds. The summed E-state index contributed by atoms with van der Waals surface area (Å²) in [6, 6.07) is 18.4. The molecule has 3 aromatic carbocycles. The van der Waals surface area contributed by atoms with Crippen LogP contribution in [0.4, 0.5) is 0 Å². The fourth-order valence-electron chi connectivity index (χ4n) is 5.44. The number of fused-ring (bicyclic) bond motifs is 1. The smallest absolute Gasteiger partial charge is 0.276 e. The van der Waals surface area contributed by atoms with Crippen LogP contribution in [0.3, 0.4) is 0 Å². The highest BCUT2D eigenvalue weighted by Gasteiger charge is 2.44. The number of rotatable bonds is 7. The molecule has 1 aliphatic carbocycles. The SMILES string of the molecule is COc1ccc(C=C2CCCC3C2=NN(C(=O)c2ccccc2Cl)C3c2ccc(OC)c(OC)c2)cc1OC. The van der Waals surface area contributed by atoms with E-state index >= 15 is 0 Å². The van der Waals surface area contributed by atoms with Crippen LogP contribution in [0.15, 0.2) is 71.3 Å². The summed E-state index contributed by atoms with van der Waals surface area (Å²) in [7, 11) is 6.45. The van der Waals surface area contributed by atoms with Gasteiger partial charge in [0.15, 0.2) is 23.0 Å². The predicted octanol–water partition coefficient (Wildman–Crippen LogP) is 6.81. The average molecular weight is 547 g/mol. The van der Waals surface area contributed by atoms with Crippen molar-refractivity contribution in [1.82, 2.24) is 5.01 Å². The Labute approximate surface area is 233 Å². The number of hydrogen-bond donors (Lipinski definition) is 0. The van der Waals surface area contributed by atoms with Gasteiger partial charge in [-0.2, -0.15) is 5.10 Å². The zero-order valence-electron chi connectivity index (χ0n) is 22.4. The Balaban J connectivity index is 1.60. The zero-order valence-corrected chi connectivity index (χ0v) is 23.2. The molecule has 3 aromatic rings. The van der Waals surface area contributed by atoms with Gasteiger partial charge in [-0.15, -0.1) is 0 Å². The molecule has 2 atom stereocenters. The minimum absolute atomic E-state index is 0.00897. The molecule has 39 heavy (non-hydrogen) atoms. The van der Waals surface area contributed by atoms with Crippen LogP contribution in [0.25, 0.3) is 6.08 Å². The molecule has 7 nitrogen and oxygen atoms in total. The number of nitrogens with zero attached hydrogens (tertiary/aromatic N) is 2. The summed E-state index contributed by atoms with van der Waals surface area (Å²) in [5, 5.41) is 6.97. The number of amides is 1. The molecule has 0 spiro atoms. The Morgan fingerprint density at radius 2 is 1.56 bits per heavy atom. The van der Waals surface area contributed by atoms with Crippen molar-refractivity contribution in [3.63, 3.8) is 0 Å². The van der Waals surface area contributed by atoms with Gasteiger partial charge in [0.05, 0.1) is 50.8 Å². The van der Waals surface area contributed by atoms with Crippen LogP contribution in [-0.4, -0.2) is 45.1 Å². The van der Waals surface area contributed by atoms with Crippen molar-refractivity contribution in [3.8, 4) is 23.0 Å². The van der Waals surface area contributed by atoms with Crippen molar-refractivity contribution in [1.29, 1.82) is 0 Å². The molecule has 2 unspecified atom stereocenters. The molecule has 202 valence electrons. The Morgan fingerprint density at radius 3 is 2.26 bits per heavy atom. The molecule has 5 rings (SSSR count). The molecule has 1 heterocycles. The van der Waals surface area contributed by atoms with Crippen molar-refractivity contribution in [2.75, 3.05) is 28.4 Å². The van der Waals surface area contributed by atoms with Crippen LogP contribution in [0.1, 0.15) is 46.8 Å². The first-order valence-electron chi connectivity index (χ1n) is 12.8. The third kappa shape index (κ3) is 5.06. The normalized spacial score (nSPS) is 19.4. The van der Waals surface area contributed by atoms with E-state index in [-0.39, 0.29) is 17.9 Å². The second-order valence-corrected chi connectivity index (χ2v) is 9.86. The zero-order chi connectivity index (χ0) is 27.5. The Bertz CT molecular complexity index is 1450. The highest BCUT2D eigenvalue weighted by Crippen LogP contribution is 2.46. The maximum absolute atomic E-state index is 13.9. The molecule has 0 saturated heterocycles. The summed E-state index contributed by atoms with van der Waals surface area (Å²) >= 11 is 6.45. The van der Waals surface area contributed by atoms with Crippen LogP contribution >= 0.6 is 11.6 Å². The second kappa shape index (κ2) is 11.4. The summed E-state index contributed by atoms with van der Waals surface area (Å²) in [6.07, 6.45) is 4.85. The van der Waals surface area contributed by atoms with E-state index in [1.165, 1.54) is 0 Å². The summed E-state index contributed by atoms with van der Waals surface area (Å²) in [6.45, 7) is 0. The lowest BCUT2D eigenvalue weighted by atomic mass is 9.77. The van der Waals surface area contributed by atoms with Gasteiger partial charge in [-0.25, -0.2) is 5.01 Å². The molecule has 8 heteroatoms. The minimum atomic E-state index is -0.322. The standard InChI is InChI=1S/C31H31ClN2O5/c1-36-25-14-12-19(17-27(25)38-3)16-20-8-7-10-23-29(20)33-34(31(35)22-9-5-6-11-24(22)32)30(23)21-13-15-26(37-2)28(18-21)39-4/h5-6,9,11-18,23,30H,7-8,10H2,1-4H3. The Kier molecular flexibility index (Phi) is 7.79. The van der Waals surface area contributed by atoms with Gasteiger partial charge in [-0.05, 0) is 78.4 Å². The van der Waals surface area contributed by atoms with E-state index in [1.807, 2.05) is 48.5 Å². The molecule has 0 aromatic heterocycles. The number of carbonyl (C=O) groups is 1. The first-order valence-corrected chi connectivity index (χ1v) is 13.2. The predicted molar refractivity (Wildman–Crippen MR) is 152 cm³/mol. The average Bonchev–Trinajstić information content (AvgIpc) is 3.37. The van der Waals surface area contributed by atoms with Crippen molar-refractivity contribution in [2.45, 2.75) is 25.3 Å². The first-order chi connectivity index (χ1) is 19.0. The van der Waals surface area contributed by atoms with E-state index in [0.29, 0.717) is 33.6 Å². The van der Waals surface area contributed by atoms with Crippen LogP contribution in [-0.2, 0) is 0 Å². The van der Waals surface area contributed by atoms with E-state index in [1.54, 1.807) is 45.6 Å². The lowest BCUT2D eigenvalue weighted by Gasteiger charge is -2.30. The number of methoxy groups -OCH3 is 4. The first kappa shape index (κ1) is 26.6. The maximum atomic E-state index is 13.9. The van der Waals surface area contributed by atoms with Crippen molar-refractivity contribution in [3.05, 3.63) is 87.9 Å². The number of halogens is 1. The van der Waals surface area contributed by atoms with E-state index in [0.717, 1.165) is 41.7 Å². The molecule has 1 fully saturated rings. The fourth-order valence-corrected chi connectivity index (χ4v) is 5.66. The van der Waals surface area contributed by atoms with E-state index < -0.39 is 0 Å². The van der Waals surface area contributed by atoms with Crippen molar-refractivity contribution in [2.24, 2.45) is 11.0 Å². The lowest BCUT2D eigenvalue weighted by molar-refractivity contribution is 0.0680. The van der Waals surface area contributed by atoms with Crippen LogP contribution in [0.2, 0.25) is 5.02 Å². The molecule has 0 N–H and O–H groups in total. The van der Waals surface area contributed by atoms with Crippen molar-refractivity contribution >= 4 is 29.3 Å². The number of hydrogen-bond acceptors (Lipinski definition) is 6. The third-order valence-electron chi connectivity index (χ3n) is 7.31. The summed E-state index contributed by atoms with van der Waals surface area (Å²) in [5.41, 5.74) is 4.32. The number of hydrazone groups is 1. The number of carbonyl (C=O) groups excluding carboxylic acids is 1. The highest BCUT2D eigenvalue weighted by molar-refractivity contribution is 6.33. The van der Waals surface area contributed by atoms with E-state index in [9.17, 15) is 4.79 Å². The van der Waals surface area contributed by atoms with Crippen LogP contribution in [0.5, 0.6) is 23.0 Å². The van der Waals surface area contributed by atoms with Gasteiger partial charge in [0, 0.05) is 5.92 Å². The molecule has 0 radical (unpaired) electrons. The topological polar surface area (TPSA) is 69.6 Å². The maximum Gasteiger partial charge on any atom is 0.276 e. The van der Waals surface area contributed by atoms with E-state index in [2.05, 4.69) is 6.08 Å². The van der Waals surface area contributed by atoms with E-state index in [4.69, 9.17) is 35.6 Å². The quantitative estimate of drug-likeness (QED) is 0.325. The fraction of sp³-hybridized carbons (Fsp3) is 0.290. The Hall–Kier alpha value is -3.97. The van der Waals surface area contributed by atoms with Gasteiger partial charge in [-0.1, -0.05) is 35.9 Å². The number of allylic oxidation sites excluding steroid dienone is 1. The lowest BCUT2D eigenvalue weighted by Crippen LogP contribution is -2.32. The number of benzene rings is 3. The van der Waals surface area contributed by atoms with Crippen LogP contribution < -0.4 is 18.9 Å². The third-order valence-corrected chi connectivity index (χ3v) is 7.64. The highest BCUT2D eigenvalue weighted by atomic mass is 35.5. The Morgan fingerprint density at radius 1 is 0.897 bits per heavy atom. The molecular formula is C31H31ClN2O5. The van der Waals surface area contributed by atoms with Gasteiger partial charge in [0.2, 0.25) is 0 Å². The van der Waals surface area contributed by atoms with Gasteiger partial charge in [-0.3, -0.25) is 4.79 Å². The largest absolute Gasteiger partial charge is 0.493 e. The van der Waals surface area contributed by atoms with Gasteiger partial charge in [0.25, 0.3) is 5.91 Å². The molecule has 1 aliphatic heterocycles. The molecular weight excluding hydrogens is 516 g/mol. The van der Waals surface area contributed by atoms with Gasteiger partial charge in [0.1, 0.15) is 0 Å².